The molecule has 11 heteroatoms. The third-order valence-corrected chi connectivity index (χ3v) is 6.37. The fourth-order valence-corrected chi connectivity index (χ4v) is 4.05. The Morgan fingerprint density at radius 2 is 1.78 bits per heavy atom. The van der Waals surface area contributed by atoms with Crippen LogP contribution in [0.25, 0.3) is 0 Å². The molecule has 216 valence electrons. The number of hydrogen-bond donors (Lipinski definition) is 1. The maximum absolute atomic E-state index is 12.8. The Kier molecular flexibility index (Phi) is 11.0. The Labute approximate surface area is 244 Å². The molecule has 0 aliphatic rings. The van der Waals surface area contributed by atoms with Gasteiger partial charge >= 0.3 is 0 Å². The first-order chi connectivity index (χ1) is 19.5. The molecule has 0 aliphatic heterocycles. The molecule has 0 saturated carbocycles. The van der Waals surface area contributed by atoms with Crippen molar-refractivity contribution < 1.29 is 23.9 Å². The lowest BCUT2D eigenvalue weighted by Crippen LogP contribution is -2.30. The van der Waals surface area contributed by atoms with Crippen LogP contribution < -0.4 is 14.8 Å². The zero-order chi connectivity index (χ0) is 30.1. The van der Waals surface area contributed by atoms with Gasteiger partial charge in [0.05, 0.1) is 23.5 Å². The highest BCUT2D eigenvalue weighted by Crippen LogP contribution is 2.34. The van der Waals surface area contributed by atoms with Crippen LogP contribution in [-0.4, -0.2) is 85.8 Å². The number of aromatic nitrogens is 2. The lowest BCUT2D eigenvalue weighted by Gasteiger charge is -2.18. The molecule has 3 aromatic rings. The number of carbonyl (C=O) groups is 3. The van der Waals surface area contributed by atoms with E-state index >= 15 is 0 Å². The Morgan fingerprint density at radius 3 is 2.44 bits per heavy atom. The average molecular weight is 580 g/mol. The van der Waals surface area contributed by atoms with Crippen LogP contribution in [-0.2, 0) is 22.4 Å². The normalized spacial score (nSPS) is 10.7. The molecule has 0 saturated heterocycles. The fraction of sp³-hybridized carbons (Fsp3) is 0.300. The zero-order valence-electron chi connectivity index (χ0n) is 23.9. The molecule has 0 fully saturated rings. The Bertz CT molecular complexity index is 1440. The quantitative estimate of drug-likeness (QED) is 0.185. The number of ketones is 1. The van der Waals surface area contributed by atoms with Gasteiger partial charge in [-0.25, -0.2) is 9.97 Å². The van der Waals surface area contributed by atoms with Crippen molar-refractivity contribution in [2.75, 3.05) is 53.8 Å². The number of rotatable bonds is 13. The van der Waals surface area contributed by atoms with Gasteiger partial charge < -0.3 is 24.6 Å². The highest BCUT2D eigenvalue weighted by atomic mass is 35.5. The van der Waals surface area contributed by atoms with Crippen LogP contribution in [0.1, 0.15) is 33.0 Å². The van der Waals surface area contributed by atoms with Crippen molar-refractivity contribution in [3.05, 3.63) is 88.5 Å². The molecule has 2 aromatic carbocycles. The molecule has 0 unspecified atom stereocenters. The summed E-state index contributed by atoms with van der Waals surface area (Å²) < 4.78 is 11.6. The number of ether oxygens (including phenoxy) is 2. The number of anilines is 1. The second kappa shape index (κ2) is 14.4. The van der Waals surface area contributed by atoms with Gasteiger partial charge in [0.15, 0.2) is 0 Å². The van der Waals surface area contributed by atoms with Gasteiger partial charge in [-0.2, -0.15) is 0 Å². The lowest BCUT2D eigenvalue weighted by molar-refractivity contribution is -0.124. The van der Waals surface area contributed by atoms with Crippen molar-refractivity contribution in [1.29, 1.82) is 0 Å². The molecular weight excluding hydrogens is 546 g/mol. The maximum Gasteiger partial charge on any atom is 0.294 e. The molecule has 41 heavy (non-hydrogen) atoms. The van der Waals surface area contributed by atoms with E-state index in [1.165, 1.54) is 31.3 Å². The van der Waals surface area contributed by atoms with Gasteiger partial charge in [0.25, 0.3) is 11.7 Å². The van der Waals surface area contributed by atoms with Crippen molar-refractivity contribution in [2.45, 2.75) is 12.8 Å². The topological polar surface area (TPSA) is 114 Å². The highest BCUT2D eigenvalue weighted by Gasteiger charge is 2.22. The number of hydrogen-bond acceptors (Lipinski definition) is 8. The number of amides is 2. The van der Waals surface area contributed by atoms with Gasteiger partial charge in [-0.3, -0.25) is 14.4 Å². The van der Waals surface area contributed by atoms with Gasteiger partial charge in [-0.15, -0.1) is 0 Å². The number of halogens is 1. The van der Waals surface area contributed by atoms with E-state index in [1.54, 1.807) is 43.5 Å². The number of nitrogens with one attached hydrogen (secondary N) is 1. The molecule has 2 amide bonds. The number of likely N-dealkylation sites (N-methyl/N-ethyl adjacent to an activating group) is 2. The monoisotopic (exact) mass is 579 g/mol. The van der Waals surface area contributed by atoms with Crippen molar-refractivity contribution in [3.8, 4) is 11.5 Å². The largest absolute Gasteiger partial charge is 0.496 e. The first kappa shape index (κ1) is 31.3. The predicted octanol–water partition coefficient (Wildman–Crippen LogP) is 3.66. The van der Waals surface area contributed by atoms with E-state index in [0.717, 1.165) is 0 Å². The minimum absolute atomic E-state index is 0.216. The summed E-state index contributed by atoms with van der Waals surface area (Å²) in [6, 6.07) is 10.3. The highest BCUT2D eigenvalue weighted by molar-refractivity contribution is 6.43. The lowest BCUT2D eigenvalue weighted by atomic mass is 9.99. The Morgan fingerprint density at radius 1 is 1.05 bits per heavy atom. The molecule has 1 aromatic heterocycles. The van der Waals surface area contributed by atoms with E-state index in [9.17, 15) is 14.4 Å². The second-order valence-corrected chi connectivity index (χ2v) is 10.0. The molecule has 0 bridgehead atoms. The number of carbonyl (C=O) groups excluding carboxylic acids is 3. The summed E-state index contributed by atoms with van der Waals surface area (Å²) in [6.45, 7) is 4.61. The molecule has 1 N–H and O–H groups in total. The van der Waals surface area contributed by atoms with E-state index < -0.39 is 11.7 Å². The third-order valence-electron chi connectivity index (χ3n) is 6.06. The second-order valence-electron chi connectivity index (χ2n) is 9.63. The standard InChI is InChI=1S/C30H34ClN5O5/c1-7-28(37)34-24-15-20(25(40-6)17-26(24)41-13-12-35(2)3)16-27-32-18-22(31)23(33-27)14-19-10-8-9-11-21(19)29(38)30(39)36(4)5/h7-11,15,17-18H,1,12-14,16H2,2-6H3,(H,34,37). The molecule has 1 heterocycles. The summed E-state index contributed by atoms with van der Waals surface area (Å²) in [5.74, 6) is -0.188. The van der Waals surface area contributed by atoms with Crippen LogP contribution in [0.5, 0.6) is 11.5 Å². The van der Waals surface area contributed by atoms with Crippen LogP contribution in [0.3, 0.4) is 0 Å². The fourth-order valence-electron chi connectivity index (χ4n) is 3.89. The molecule has 0 spiro atoms. The Hall–Kier alpha value is -4.28. The third kappa shape index (κ3) is 8.36. The summed E-state index contributed by atoms with van der Waals surface area (Å²) in [4.78, 5) is 49.6. The minimum atomic E-state index is -0.618. The maximum atomic E-state index is 12.8. The van der Waals surface area contributed by atoms with E-state index in [2.05, 4.69) is 21.9 Å². The van der Waals surface area contributed by atoms with E-state index in [-0.39, 0.29) is 24.3 Å². The first-order valence-electron chi connectivity index (χ1n) is 12.8. The van der Waals surface area contributed by atoms with Gasteiger partial charge in [-0.05, 0) is 31.8 Å². The molecule has 0 radical (unpaired) electrons. The predicted molar refractivity (Wildman–Crippen MR) is 158 cm³/mol. The smallest absolute Gasteiger partial charge is 0.294 e. The minimum Gasteiger partial charge on any atom is -0.496 e. The molecule has 10 nitrogen and oxygen atoms in total. The van der Waals surface area contributed by atoms with Gasteiger partial charge in [0.2, 0.25) is 5.91 Å². The van der Waals surface area contributed by atoms with Crippen LogP contribution >= 0.6 is 11.6 Å². The zero-order valence-corrected chi connectivity index (χ0v) is 24.6. The number of nitrogens with zero attached hydrogens (tertiary/aromatic N) is 4. The van der Waals surface area contributed by atoms with Crippen LogP contribution in [0.2, 0.25) is 5.02 Å². The van der Waals surface area contributed by atoms with Crippen LogP contribution in [0.15, 0.2) is 55.3 Å². The van der Waals surface area contributed by atoms with Crippen molar-refractivity contribution in [1.82, 2.24) is 19.8 Å². The van der Waals surface area contributed by atoms with E-state index in [4.69, 9.17) is 21.1 Å². The van der Waals surface area contributed by atoms with Crippen molar-refractivity contribution in [3.63, 3.8) is 0 Å². The van der Waals surface area contributed by atoms with Crippen molar-refractivity contribution in [2.24, 2.45) is 0 Å². The van der Waals surface area contributed by atoms with Gasteiger partial charge in [0, 0.05) is 56.9 Å². The summed E-state index contributed by atoms with van der Waals surface area (Å²) in [6.07, 6.45) is 3.15. The number of benzene rings is 2. The number of Topliss-reactive ketones (excluding diaryl/α,β-unsaturated/α-hetero) is 1. The number of methoxy groups -OCH3 is 1. The Balaban J connectivity index is 1.94. The van der Waals surface area contributed by atoms with Gasteiger partial charge in [-0.1, -0.05) is 42.4 Å². The summed E-state index contributed by atoms with van der Waals surface area (Å²) in [5.41, 5.74) is 2.56. The van der Waals surface area contributed by atoms with Gasteiger partial charge in [0.1, 0.15) is 23.9 Å². The summed E-state index contributed by atoms with van der Waals surface area (Å²) in [7, 11) is 8.48. The van der Waals surface area contributed by atoms with Crippen molar-refractivity contribution >= 4 is 34.9 Å². The van der Waals surface area contributed by atoms with E-state index in [0.29, 0.717) is 58.0 Å². The van der Waals surface area contributed by atoms with Crippen LogP contribution in [0.4, 0.5) is 5.69 Å². The summed E-state index contributed by atoms with van der Waals surface area (Å²) in [5, 5.41) is 3.11. The first-order valence-corrected chi connectivity index (χ1v) is 13.2. The average Bonchev–Trinajstić information content (AvgIpc) is 2.94. The molecule has 0 atom stereocenters. The molecular formula is C30H34ClN5O5. The SMILES string of the molecule is C=CC(=O)Nc1cc(Cc2ncc(Cl)c(Cc3ccccc3C(=O)C(=O)N(C)C)n2)c(OC)cc1OCCN(C)C. The van der Waals surface area contributed by atoms with Crippen LogP contribution in [0, 0.1) is 0 Å². The molecule has 3 rings (SSSR count). The summed E-state index contributed by atoms with van der Waals surface area (Å²) >= 11 is 6.46. The molecule has 0 aliphatic carbocycles. The van der Waals surface area contributed by atoms with E-state index in [1.807, 2.05) is 19.0 Å².